The normalized spacial score (nSPS) is 10.5. The first-order valence-corrected chi connectivity index (χ1v) is 7.96. The molecule has 0 saturated carbocycles. The zero-order valence-electron chi connectivity index (χ0n) is 13.6. The molecule has 0 unspecified atom stereocenters. The molecular weight excluding hydrogens is 342 g/mol. The van der Waals surface area contributed by atoms with Crippen LogP contribution in [0.5, 0.6) is 5.75 Å². The van der Waals surface area contributed by atoms with Crippen LogP contribution in [0.15, 0.2) is 54.7 Å². The van der Waals surface area contributed by atoms with E-state index in [1.807, 2.05) is 42.6 Å². The van der Waals surface area contributed by atoms with Crippen molar-refractivity contribution in [3.05, 3.63) is 65.3 Å². The number of aromatic nitrogens is 3. The van der Waals surface area contributed by atoms with Crippen molar-refractivity contribution < 1.29 is 14.3 Å². The summed E-state index contributed by atoms with van der Waals surface area (Å²) in [6.07, 6.45) is 1.87. The minimum atomic E-state index is -0.422. The van der Waals surface area contributed by atoms with Crippen LogP contribution in [0.25, 0.3) is 11.3 Å². The molecule has 0 radical (unpaired) electrons. The molecule has 3 rings (SSSR count). The maximum Gasteiger partial charge on any atom is 0.343 e. The van der Waals surface area contributed by atoms with Crippen LogP contribution in [-0.2, 0) is 16.1 Å². The summed E-state index contributed by atoms with van der Waals surface area (Å²) in [6, 6.07) is 14.9. The van der Waals surface area contributed by atoms with Gasteiger partial charge in [-0.05, 0) is 42.0 Å². The Bertz CT molecular complexity index is 845. The summed E-state index contributed by atoms with van der Waals surface area (Å²) in [5.41, 5.74) is 2.76. The van der Waals surface area contributed by atoms with Crippen LogP contribution in [0.3, 0.4) is 0 Å². The van der Waals surface area contributed by atoms with Crippen molar-refractivity contribution in [2.75, 3.05) is 13.7 Å². The predicted molar refractivity (Wildman–Crippen MR) is 93.5 cm³/mol. The third-order valence-corrected chi connectivity index (χ3v) is 3.78. The van der Waals surface area contributed by atoms with Gasteiger partial charge in [0.05, 0.1) is 19.9 Å². The molecule has 0 aliphatic heterocycles. The molecule has 0 aliphatic rings. The zero-order valence-corrected chi connectivity index (χ0v) is 14.3. The van der Waals surface area contributed by atoms with E-state index in [4.69, 9.17) is 16.3 Å². The van der Waals surface area contributed by atoms with Crippen LogP contribution in [0.2, 0.25) is 5.02 Å². The van der Waals surface area contributed by atoms with Gasteiger partial charge in [0.2, 0.25) is 0 Å². The van der Waals surface area contributed by atoms with Gasteiger partial charge in [-0.15, -0.1) is 5.10 Å². The molecule has 0 bridgehead atoms. The Morgan fingerprint density at radius 1 is 1.12 bits per heavy atom. The number of hydrogen-bond donors (Lipinski definition) is 0. The predicted octanol–water partition coefficient (Wildman–Crippen LogP) is 3.20. The molecule has 3 aromatic rings. The highest BCUT2D eigenvalue weighted by molar-refractivity contribution is 6.30. The molecule has 0 aliphatic carbocycles. The van der Waals surface area contributed by atoms with Crippen molar-refractivity contribution in [2.45, 2.75) is 6.54 Å². The summed E-state index contributed by atoms with van der Waals surface area (Å²) >= 11 is 5.89. The molecule has 1 heterocycles. The molecule has 128 valence electrons. The molecule has 7 heteroatoms. The number of benzene rings is 2. The van der Waals surface area contributed by atoms with Crippen molar-refractivity contribution in [3.63, 3.8) is 0 Å². The van der Waals surface area contributed by atoms with Gasteiger partial charge >= 0.3 is 5.97 Å². The Morgan fingerprint density at radius 3 is 2.52 bits per heavy atom. The number of methoxy groups -OCH3 is 1. The Kier molecular flexibility index (Phi) is 5.30. The lowest BCUT2D eigenvalue weighted by Gasteiger charge is -2.05. The number of nitrogens with zero attached hydrogens (tertiary/aromatic N) is 3. The number of esters is 1. The third kappa shape index (κ3) is 4.58. The van der Waals surface area contributed by atoms with E-state index in [9.17, 15) is 4.79 Å². The molecule has 0 N–H and O–H groups in total. The summed E-state index contributed by atoms with van der Waals surface area (Å²) < 4.78 is 11.6. The largest absolute Gasteiger partial charge is 0.482 e. The molecule has 2 aromatic carbocycles. The highest BCUT2D eigenvalue weighted by atomic mass is 35.5. The zero-order chi connectivity index (χ0) is 17.6. The van der Waals surface area contributed by atoms with Crippen LogP contribution in [-0.4, -0.2) is 34.7 Å². The fraction of sp³-hybridized carbons (Fsp3) is 0.167. The van der Waals surface area contributed by atoms with Crippen molar-refractivity contribution >= 4 is 17.6 Å². The van der Waals surface area contributed by atoms with E-state index >= 15 is 0 Å². The minimum Gasteiger partial charge on any atom is -0.482 e. The summed E-state index contributed by atoms with van der Waals surface area (Å²) in [5.74, 6) is 0.164. The number of carbonyl (C=O) groups is 1. The number of carbonyl (C=O) groups excluding carboxylic acids is 1. The van der Waals surface area contributed by atoms with Crippen LogP contribution in [0.4, 0.5) is 0 Å². The van der Waals surface area contributed by atoms with Crippen LogP contribution < -0.4 is 4.74 Å². The molecule has 0 atom stereocenters. The monoisotopic (exact) mass is 357 g/mol. The second kappa shape index (κ2) is 7.81. The quantitative estimate of drug-likeness (QED) is 0.634. The lowest BCUT2D eigenvalue weighted by Crippen LogP contribution is -2.12. The molecule has 0 amide bonds. The summed E-state index contributed by atoms with van der Waals surface area (Å²) in [7, 11) is 1.32. The molecule has 6 nitrogen and oxygen atoms in total. The Labute approximate surface area is 149 Å². The molecule has 0 fully saturated rings. The van der Waals surface area contributed by atoms with E-state index in [1.54, 1.807) is 16.8 Å². The van der Waals surface area contributed by atoms with Gasteiger partial charge in [0.25, 0.3) is 0 Å². The first-order valence-electron chi connectivity index (χ1n) is 7.58. The smallest absolute Gasteiger partial charge is 0.343 e. The maximum absolute atomic E-state index is 11.1. The van der Waals surface area contributed by atoms with Crippen LogP contribution >= 0.6 is 11.6 Å². The van der Waals surface area contributed by atoms with Gasteiger partial charge in [-0.2, -0.15) is 0 Å². The Hall–Kier alpha value is -2.86. The van der Waals surface area contributed by atoms with Gasteiger partial charge in [-0.25, -0.2) is 9.48 Å². The minimum absolute atomic E-state index is 0.118. The van der Waals surface area contributed by atoms with E-state index in [-0.39, 0.29) is 6.61 Å². The number of hydrogen-bond acceptors (Lipinski definition) is 5. The van der Waals surface area contributed by atoms with Crippen molar-refractivity contribution in [3.8, 4) is 17.0 Å². The van der Waals surface area contributed by atoms with Gasteiger partial charge in [-0.3, -0.25) is 0 Å². The highest BCUT2D eigenvalue weighted by Gasteiger charge is 2.06. The molecule has 1 aromatic heterocycles. The first-order chi connectivity index (χ1) is 12.1. The number of rotatable bonds is 6. The van der Waals surface area contributed by atoms with E-state index < -0.39 is 5.97 Å². The fourth-order valence-corrected chi connectivity index (χ4v) is 2.33. The summed E-state index contributed by atoms with van der Waals surface area (Å²) in [5, 5.41) is 9.04. The molecule has 0 saturated heterocycles. The number of halogens is 1. The van der Waals surface area contributed by atoms with Crippen molar-refractivity contribution in [1.29, 1.82) is 0 Å². The van der Waals surface area contributed by atoms with Gasteiger partial charge in [0, 0.05) is 10.6 Å². The van der Waals surface area contributed by atoms with Crippen molar-refractivity contribution in [1.82, 2.24) is 15.0 Å². The first kappa shape index (κ1) is 17.0. The lowest BCUT2D eigenvalue weighted by molar-refractivity contribution is -0.142. The average molecular weight is 358 g/mol. The van der Waals surface area contributed by atoms with E-state index in [0.717, 1.165) is 16.8 Å². The second-order valence-electron chi connectivity index (χ2n) is 5.32. The lowest BCUT2D eigenvalue weighted by atomic mass is 10.1. The van der Waals surface area contributed by atoms with Crippen LogP contribution in [0.1, 0.15) is 5.56 Å². The summed E-state index contributed by atoms with van der Waals surface area (Å²) in [6.45, 7) is 0.498. The topological polar surface area (TPSA) is 66.2 Å². The third-order valence-electron chi connectivity index (χ3n) is 3.53. The van der Waals surface area contributed by atoms with E-state index in [0.29, 0.717) is 17.3 Å². The Morgan fingerprint density at radius 2 is 1.84 bits per heavy atom. The van der Waals surface area contributed by atoms with E-state index in [2.05, 4.69) is 15.0 Å². The van der Waals surface area contributed by atoms with Gasteiger partial charge in [-0.1, -0.05) is 28.9 Å². The van der Waals surface area contributed by atoms with Gasteiger partial charge in [0.15, 0.2) is 6.61 Å². The molecule has 0 spiro atoms. The van der Waals surface area contributed by atoms with Gasteiger partial charge in [0.1, 0.15) is 11.4 Å². The average Bonchev–Trinajstić information content (AvgIpc) is 3.10. The van der Waals surface area contributed by atoms with E-state index in [1.165, 1.54) is 7.11 Å². The van der Waals surface area contributed by atoms with Gasteiger partial charge < -0.3 is 9.47 Å². The maximum atomic E-state index is 11.1. The van der Waals surface area contributed by atoms with Crippen LogP contribution in [0, 0.1) is 0 Å². The molecule has 25 heavy (non-hydrogen) atoms. The summed E-state index contributed by atoms with van der Waals surface area (Å²) in [4.78, 5) is 11.1. The molecular formula is C18H16ClN3O3. The SMILES string of the molecule is COC(=O)COc1ccc(-c2cn(Cc3ccc(Cl)cc3)nn2)cc1. The Balaban J connectivity index is 1.65. The fourth-order valence-electron chi connectivity index (χ4n) is 2.21. The standard InChI is InChI=1S/C18H16ClN3O3/c1-24-18(23)12-25-16-8-4-14(5-9-16)17-11-22(21-20-17)10-13-2-6-15(19)7-3-13/h2-9,11H,10,12H2,1H3. The van der Waals surface area contributed by atoms with Crippen molar-refractivity contribution in [2.24, 2.45) is 0 Å². The second-order valence-corrected chi connectivity index (χ2v) is 5.75. The number of ether oxygens (including phenoxy) is 2. The highest BCUT2D eigenvalue weighted by Crippen LogP contribution is 2.20.